The van der Waals surface area contributed by atoms with Crippen LogP contribution in [0.4, 0.5) is 28.3 Å². The van der Waals surface area contributed by atoms with E-state index in [1.807, 2.05) is 0 Å². The largest absolute Gasteiger partial charge is 0.445 e. The van der Waals surface area contributed by atoms with Crippen LogP contribution in [-0.2, 0) is 21.5 Å². The second kappa shape index (κ2) is 11.9. The van der Waals surface area contributed by atoms with E-state index in [0.717, 1.165) is 4.90 Å². The van der Waals surface area contributed by atoms with Crippen LogP contribution < -0.4 is 5.32 Å². The Balaban J connectivity index is 0.000000739. The number of rotatable bonds is 6. The lowest BCUT2D eigenvalue weighted by Gasteiger charge is -2.37. The molecule has 0 spiro atoms. The van der Waals surface area contributed by atoms with Crippen molar-refractivity contribution in [2.24, 2.45) is 5.92 Å². The molecule has 9 nitrogen and oxygen atoms in total. The summed E-state index contributed by atoms with van der Waals surface area (Å²) in [5.74, 6) is -3.81. The molecule has 1 atom stereocenters. The van der Waals surface area contributed by atoms with Gasteiger partial charge in [0.2, 0.25) is 5.95 Å². The fraction of sp³-hybridized carbons (Fsp3) is 0.450. The van der Waals surface area contributed by atoms with Gasteiger partial charge in [-0.3, -0.25) is 4.55 Å². The van der Waals surface area contributed by atoms with Crippen molar-refractivity contribution in [2.75, 3.05) is 31.2 Å². The number of alkyl halides is 4. The maximum atomic E-state index is 14.5. The Hall–Kier alpha value is -3.00. The molecule has 3 rings (SSSR count). The first kappa shape index (κ1) is 27.2. The third-order valence-corrected chi connectivity index (χ3v) is 4.67. The second-order valence-corrected chi connectivity index (χ2v) is 8.92. The van der Waals surface area contributed by atoms with Crippen molar-refractivity contribution in [3.63, 3.8) is 0 Å². The highest BCUT2D eigenvalue weighted by Crippen LogP contribution is 2.33. The van der Waals surface area contributed by atoms with Gasteiger partial charge in [-0.1, -0.05) is 24.3 Å². The molecule has 1 amide bonds. The molecule has 1 aromatic carbocycles. The molecule has 2 aromatic rings. The maximum absolute atomic E-state index is 14.5. The van der Waals surface area contributed by atoms with Crippen molar-refractivity contribution in [3.05, 3.63) is 53.9 Å². The summed E-state index contributed by atoms with van der Waals surface area (Å²) in [7, 11) is -3.67. The molecule has 1 unspecified atom stereocenters. The predicted molar refractivity (Wildman–Crippen MR) is 114 cm³/mol. The lowest BCUT2D eigenvalue weighted by molar-refractivity contribution is -0.102. The van der Waals surface area contributed by atoms with Crippen LogP contribution in [0.3, 0.4) is 0 Å². The molecular weight excluding hydrogens is 484 g/mol. The van der Waals surface area contributed by atoms with E-state index in [4.69, 9.17) is 9.29 Å². The Morgan fingerprint density at radius 2 is 1.85 bits per heavy atom. The Labute approximate surface area is 193 Å². The van der Waals surface area contributed by atoms with Gasteiger partial charge in [-0.05, 0) is 18.1 Å². The second-order valence-electron chi connectivity index (χ2n) is 7.45. The van der Waals surface area contributed by atoms with E-state index < -0.39 is 41.0 Å². The molecule has 2 N–H and O–H groups in total. The van der Waals surface area contributed by atoms with Gasteiger partial charge >= 0.3 is 6.09 Å². The predicted octanol–water partition coefficient (Wildman–Crippen LogP) is 3.62. The molecule has 2 heterocycles. The Morgan fingerprint density at radius 1 is 1.26 bits per heavy atom. The number of piperidine rings is 1. The van der Waals surface area contributed by atoms with Crippen LogP contribution in [0.25, 0.3) is 0 Å². The topological polar surface area (TPSA) is 122 Å². The number of aromatic nitrogens is 2. The number of nitrogens with one attached hydrogen (secondary N) is 1. The summed E-state index contributed by atoms with van der Waals surface area (Å²) in [6.45, 7) is -0.823. The first-order chi connectivity index (χ1) is 15.8. The SMILES string of the molecule is CS(=O)(=O)O.O=C(OCc1ccc(C(F)F)cc1)N1CCC(CNc2ncccn2)C(F)(F)C1. The van der Waals surface area contributed by atoms with E-state index in [1.165, 1.54) is 36.7 Å². The number of likely N-dealkylation sites (tertiary alicyclic amines) is 1. The summed E-state index contributed by atoms with van der Waals surface area (Å²) in [5, 5.41) is 2.78. The summed E-state index contributed by atoms with van der Waals surface area (Å²) in [5.41, 5.74) is 0.354. The van der Waals surface area contributed by atoms with Crippen molar-refractivity contribution in [3.8, 4) is 0 Å². The standard InChI is InChI=1S/C19H20F4N4O2.CH4O3S/c20-16(21)14-4-2-13(3-5-14)11-29-18(28)27-9-6-15(19(22,23)12-27)10-26-17-24-7-1-8-25-17;1-5(2,3)4/h1-5,7-8,15-16H,6,9-12H2,(H,24,25,26);1H3,(H,2,3,4). The van der Waals surface area contributed by atoms with Crippen molar-refractivity contribution >= 4 is 22.2 Å². The van der Waals surface area contributed by atoms with E-state index in [-0.39, 0.29) is 37.6 Å². The summed E-state index contributed by atoms with van der Waals surface area (Å²) in [6, 6.07) is 6.91. The average molecular weight is 508 g/mol. The summed E-state index contributed by atoms with van der Waals surface area (Å²) in [4.78, 5) is 21.0. The molecule has 0 aliphatic carbocycles. The number of carbonyl (C=O) groups excluding carboxylic acids is 1. The van der Waals surface area contributed by atoms with Crippen LogP contribution in [0.2, 0.25) is 0 Å². The van der Waals surface area contributed by atoms with Gasteiger partial charge in [-0.25, -0.2) is 32.3 Å². The quantitative estimate of drug-likeness (QED) is 0.448. The van der Waals surface area contributed by atoms with Gasteiger partial charge < -0.3 is 15.0 Å². The van der Waals surface area contributed by atoms with E-state index in [1.54, 1.807) is 6.07 Å². The Morgan fingerprint density at radius 3 is 2.38 bits per heavy atom. The third kappa shape index (κ3) is 9.47. The monoisotopic (exact) mass is 508 g/mol. The van der Waals surface area contributed by atoms with E-state index >= 15 is 0 Å². The zero-order valence-electron chi connectivity index (χ0n) is 18.1. The van der Waals surface area contributed by atoms with Crippen molar-refractivity contribution in [2.45, 2.75) is 25.4 Å². The molecule has 0 bridgehead atoms. The third-order valence-electron chi connectivity index (χ3n) is 4.67. The molecule has 1 aromatic heterocycles. The molecule has 1 aliphatic rings. The van der Waals surface area contributed by atoms with Crippen molar-refractivity contribution in [1.82, 2.24) is 14.9 Å². The summed E-state index contributed by atoms with van der Waals surface area (Å²) < 4.78 is 84.9. The fourth-order valence-electron chi connectivity index (χ4n) is 2.99. The normalized spacial score (nSPS) is 17.5. The molecule has 1 fully saturated rings. The number of benzene rings is 1. The van der Waals surface area contributed by atoms with Crippen LogP contribution in [0.1, 0.15) is 24.0 Å². The number of hydrogen-bond donors (Lipinski definition) is 2. The van der Waals surface area contributed by atoms with Crippen LogP contribution in [0, 0.1) is 5.92 Å². The van der Waals surface area contributed by atoms with E-state index in [0.29, 0.717) is 11.8 Å². The smallest absolute Gasteiger partial charge is 0.410 e. The first-order valence-electron chi connectivity index (χ1n) is 9.95. The molecule has 1 aliphatic heterocycles. The maximum Gasteiger partial charge on any atom is 0.410 e. The van der Waals surface area contributed by atoms with Gasteiger partial charge in [0.1, 0.15) is 6.61 Å². The van der Waals surface area contributed by atoms with Crippen LogP contribution in [0.5, 0.6) is 0 Å². The number of anilines is 1. The van der Waals surface area contributed by atoms with Gasteiger partial charge in [0, 0.05) is 37.0 Å². The zero-order chi connectivity index (χ0) is 25.4. The Bertz CT molecular complexity index is 1020. The molecule has 14 heteroatoms. The number of ether oxygens (including phenoxy) is 1. The van der Waals surface area contributed by atoms with Gasteiger partial charge in [-0.15, -0.1) is 0 Å². The fourth-order valence-corrected chi connectivity index (χ4v) is 2.99. The summed E-state index contributed by atoms with van der Waals surface area (Å²) >= 11 is 0. The number of carbonyl (C=O) groups is 1. The number of amides is 1. The number of hydrogen-bond acceptors (Lipinski definition) is 7. The number of halogens is 4. The summed E-state index contributed by atoms with van der Waals surface area (Å²) in [6.07, 6.45) is 0.372. The number of nitrogens with zero attached hydrogens (tertiary/aromatic N) is 3. The molecule has 1 saturated heterocycles. The van der Waals surface area contributed by atoms with Gasteiger partial charge in [-0.2, -0.15) is 8.42 Å². The highest BCUT2D eigenvalue weighted by Gasteiger charge is 2.46. The van der Waals surface area contributed by atoms with Crippen LogP contribution in [0.15, 0.2) is 42.7 Å². The van der Waals surface area contributed by atoms with Crippen molar-refractivity contribution < 1.29 is 40.1 Å². The molecule has 34 heavy (non-hydrogen) atoms. The van der Waals surface area contributed by atoms with Gasteiger partial charge in [0.25, 0.3) is 22.5 Å². The highest BCUT2D eigenvalue weighted by atomic mass is 32.2. The highest BCUT2D eigenvalue weighted by molar-refractivity contribution is 7.85. The minimum absolute atomic E-state index is 0.0175. The minimum Gasteiger partial charge on any atom is -0.445 e. The van der Waals surface area contributed by atoms with E-state index in [2.05, 4.69) is 15.3 Å². The first-order valence-corrected chi connectivity index (χ1v) is 11.8. The lowest BCUT2D eigenvalue weighted by Crippen LogP contribution is -2.52. The average Bonchev–Trinajstić information content (AvgIpc) is 2.76. The molecule has 188 valence electrons. The molecule has 0 radical (unpaired) electrons. The molecule has 0 saturated carbocycles. The van der Waals surface area contributed by atoms with Gasteiger partial charge in [0.15, 0.2) is 0 Å². The van der Waals surface area contributed by atoms with Crippen LogP contribution >= 0.6 is 0 Å². The molecular formula is C20H24F4N4O5S. The lowest BCUT2D eigenvalue weighted by atomic mass is 9.93. The minimum atomic E-state index is -3.67. The van der Waals surface area contributed by atoms with Gasteiger partial charge in [0.05, 0.1) is 12.8 Å². The van der Waals surface area contributed by atoms with E-state index in [9.17, 15) is 30.8 Å². The van der Waals surface area contributed by atoms with Crippen LogP contribution in [-0.4, -0.2) is 65.7 Å². The zero-order valence-corrected chi connectivity index (χ0v) is 18.9. The Kier molecular flexibility index (Phi) is 9.55. The van der Waals surface area contributed by atoms with Crippen molar-refractivity contribution in [1.29, 1.82) is 0 Å².